The Kier molecular flexibility index (Phi) is 2.82. The Hall–Kier alpha value is -1.57. The largest absolute Gasteiger partial charge is 0.465 e. The molecule has 1 aliphatic rings. The molecule has 16 heavy (non-hydrogen) atoms. The maximum absolute atomic E-state index is 11.5. The second kappa shape index (κ2) is 4.12. The van der Waals surface area contributed by atoms with Crippen LogP contribution in [0, 0.1) is 5.41 Å². The monoisotopic (exact) mass is 216 g/mol. The number of furan rings is 1. The van der Waals surface area contributed by atoms with E-state index in [2.05, 4.69) is 13.8 Å². The van der Waals surface area contributed by atoms with Gasteiger partial charge < -0.3 is 4.42 Å². The lowest BCUT2D eigenvalue weighted by Gasteiger charge is -2.27. The molecule has 2 rings (SSSR count). The minimum absolute atomic E-state index is 0.0780. The number of allylic oxidation sites excluding steroid dienone is 3. The SMILES string of the molecule is CC1(C)CC(=O)C=C(C=Cc2ccco2)C1. The van der Waals surface area contributed by atoms with Crippen LogP contribution in [-0.2, 0) is 4.79 Å². The highest BCUT2D eigenvalue weighted by molar-refractivity contribution is 5.92. The molecular weight excluding hydrogens is 200 g/mol. The summed E-state index contributed by atoms with van der Waals surface area (Å²) in [5.41, 5.74) is 1.16. The minimum atomic E-state index is 0.0780. The Morgan fingerprint density at radius 2 is 2.12 bits per heavy atom. The summed E-state index contributed by atoms with van der Waals surface area (Å²) in [5, 5.41) is 0. The van der Waals surface area contributed by atoms with Crippen LogP contribution in [0.2, 0.25) is 0 Å². The summed E-state index contributed by atoms with van der Waals surface area (Å²) in [4.78, 5) is 11.5. The molecule has 1 aromatic rings. The molecule has 84 valence electrons. The third-order valence-corrected chi connectivity index (χ3v) is 2.69. The number of hydrogen-bond acceptors (Lipinski definition) is 2. The van der Waals surface area contributed by atoms with Gasteiger partial charge in [0.25, 0.3) is 0 Å². The molecule has 1 heterocycles. The summed E-state index contributed by atoms with van der Waals surface area (Å²) in [5.74, 6) is 1.03. The van der Waals surface area contributed by atoms with Crippen molar-refractivity contribution in [2.24, 2.45) is 5.41 Å². The molecule has 0 aromatic carbocycles. The van der Waals surface area contributed by atoms with Crippen LogP contribution in [0.25, 0.3) is 6.08 Å². The van der Waals surface area contributed by atoms with Gasteiger partial charge in [-0.25, -0.2) is 0 Å². The molecule has 0 amide bonds. The van der Waals surface area contributed by atoms with E-state index in [0.717, 1.165) is 17.8 Å². The van der Waals surface area contributed by atoms with Crippen LogP contribution >= 0.6 is 0 Å². The first-order valence-electron chi connectivity index (χ1n) is 5.50. The number of carbonyl (C=O) groups is 1. The molecule has 0 saturated carbocycles. The highest BCUT2D eigenvalue weighted by Crippen LogP contribution is 2.34. The molecule has 0 unspecified atom stereocenters. The van der Waals surface area contributed by atoms with E-state index in [1.54, 1.807) is 12.3 Å². The maximum atomic E-state index is 11.5. The second-order valence-electron chi connectivity index (χ2n) is 5.05. The van der Waals surface area contributed by atoms with Crippen LogP contribution in [0.1, 0.15) is 32.4 Å². The smallest absolute Gasteiger partial charge is 0.156 e. The number of hydrogen-bond donors (Lipinski definition) is 0. The molecule has 2 heteroatoms. The predicted molar refractivity (Wildman–Crippen MR) is 63.8 cm³/mol. The van der Waals surface area contributed by atoms with Gasteiger partial charge in [-0.15, -0.1) is 0 Å². The van der Waals surface area contributed by atoms with Crippen molar-refractivity contribution in [3.63, 3.8) is 0 Å². The summed E-state index contributed by atoms with van der Waals surface area (Å²) >= 11 is 0. The number of ketones is 1. The normalized spacial score (nSPS) is 20.1. The fourth-order valence-corrected chi connectivity index (χ4v) is 2.08. The first-order valence-corrected chi connectivity index (χ1v) is 5.50. The van der Waals surface area contributed by atoms with Gasteiger partial charge in [0.2, 0.25) is 0 Å². The summed E-state index contributed by atoms with van der Waals surface area (Å²) < 4.78 is 5.20. The van der Waals surface area contributed by atoms with Gasteiger partial charge in [-0.3, -0.25) is 4.79 Å². The van der Waals surface area contributed by atoms with E-state index in [0.29, 0.717) is 6.42 Å². The lowest BCUT2D eigenvalue weighted by molar-refractivity contribution is -0.116. The Bertz CT molecular complexity index is 433. The zero-order valence-electron chi connectivity index (χ0n) is 9.69. The number of rotatable bonds is 2. The topological polar surface area (TPSA) is 30.2 Å². The molecule has 0 fully saturated rings. The summed E-state index contributed by atoms with van der Waals surface area (Å²) in [6.45, 7) is 4.25. The molecule has 1 aliphatic carbocycles. The fraction of sp³-hybridized carbons (Fsp3) is 0.357. The lowest BCUT2D eigenvalue weighted by atomic mass is 9.77. The Morgan fingerprint density at radius 1 is 1.31 bits per heavy atom. The van der Waals surface area contributed by atoms with Gasteiger partial charge in [-0.1, -0.05) is 19.9 Å². The third kappa shape index (κ3) is 2.72. The summed E-state index contributed by atoms with van der Waals surface area (Å²) in [7, 11) is 0. The van der Waals surface area contributed by atoms with Crippen molar-refractivity contribution >= 4 is 11.9 Å². The van der Waals surface area contributed by atoms with E-state index in [4.69, 9.17) is 4.42 Å². The van der Waals surface area contributed by atoms with Crippen molar-refractivity contribution in [2.45, 2.75) is 26.7 Å². The first kappa shape index (κ1) is 10.9. The van der Waals surface area contributed by atoms with E-state index in [1.807, 2.05) is 24.3 Å². The van der Waals surface area contributed by atoms with Crippen molar-refractivity contribution in [1.82, 2.24) is 0 Å². The molecular formula is C14H16O2. The van der Waals surface area contributed by atoms with Crippen molar-refractivity contribution in [3.05, 3.63) is 41.9 Å². The maximum Gasteiger partial charge on any atom is 0.156 e. The Labute approximate surface area is 95.7 Å². The third-order valence-electron chi connectivity index (χ3n) is 2.69. The van der Waals surface area contributed by atoms with E-state index in [1.165, 1.54) is 0 Å². The van der Waals surface area contributed by atoms with Crippen LogP contribution in [0.4, 0.5) is 0 Å². The minimum Gasteiger partial charge on any atom is -0.465 e. The average molecular weight is 216 g/mol. The molecule has 1 aromatic heterocycles. The summed E-state index contributed by atoms with van der Waals surface area (Å²) in [6.07, 6.45) is 8.84. The Morgan fingerprint density at radius 3 is 2.75 bits per heavy atom. The van der Waals surface area contributed by atoms with Gasteiger partial charge in [0.15, 0.2) is 5.78 Å². The van der Waals surface area contributed by atoms with Gasteiger partial charge in [-0.05, 0) is 41.7 Å². The van der Waals surface area contributed by atoms with Gasteiger partial charge >= 0.3 is 0 Å². The average Bonchev–Trinajstić information content (AvgIpc) is 2.63. The van der Waals surface area contributed by atoms with Crippen molar-refractivity contribution in [1.29, 1.82) is 0 Å². The van der Waals surface area contributed by atoms with Crippen LogP contribution in [0.3, 0.4) is 0 Å². The van der Waals surface area contributed by atoms with Gasteiger partial charge in [0.1, 0.15) is 5.76 Å². The van der Waals surface area contributed by atoms with Crippen LogP contribution in [0.15, 0.2) is 40.5 Å². The zero-order valence-corrected chi connectivity index (χ0v) is 9.69. The first-order chi connectivity index (χ1) is 7.55. The standard InChI is InChI=1S/C14H16O2/c1-14(2)9-11(8-12(15)10-14)5-6-13-4-3-7-16-13/h3-8H,9-10H2,1-2H3. The molecule has 2 nitrogen and oxygen atoms in total. The second-order valence-corrected chi connectivity index (χ2v) is 5.05. The molecule has 0 radical (unpaired) electrons. The van der Waals surface area contributed by atoms with E-state index in [-0.39, 0.29) is 11.2 Å². The zero-order chi connectivity index (χ0) is 11.6. The fourth-order valence-electron chi connectivity index (χ4n) is 2.08. The van der Waals surface area contributed by atoms with Gasteiger partial charge in [0, 0.05) is 6.42 Å². The lowest BCUT2D eigenvalue weighted by Crippen LogP contribution is -2.21. The summed E-state index contributed by atoms with van der Waals surface area (Å²) in [6, 6.07) is 3.75. The molecule has 0 aliphatic heterocycles. The van der Waals surface area contributed by atoms with E-state index < -0.39 is 0 Å². The molecule has 0 saturated heterocycles. The quantitative estimate of drug-likeness (QED) is 0.756. The van der Waals surface area contributed by atoms with Crippen LogP contribution in [0.5, 0.6) is 0 Å². The van der Waals surface area contributed by atoms with Crippen molar-refractivity contribution in [2.75, 3.05) is 0 Å². The van der Waals surface area contributed by atoms with Crippen LogP contribution < -0.4 is 0 Å². The highest BCUT2D eigenvalue weighted by Gasteiger charge is 2.26. The van der Waals surface area contributed by atoms with Gasteiger partial charge in [-0.2, -0.15) is 0 Å². The number of carbonyl (C=O) groups excluding carboxylic acids is 1. The predicted octanol–water partition coefficient (Wildman–Crippen LogP) is 3.61. The van der Waals surface area contributed by atoms with Crippen molar-refractivity contribution in [3.8, 4) is 0 Å². The van der Waals surface area contributed by atoms with E-state index in [9.17, 15) is 4.79 Å². The molecule has 0 spiro atoms. The van der Waals surface area contributed by atoms with Gasteiger partial charge in [0.05, 0.1) is 6.26 Å². The Balaban J connectivity index is 2.13. The molecule has 0 bridgehead atoms. The van der Waals surface area contributed by atoms with Crippen LogP contribution in [-0.4, -0.2) is 5.78 Å². The van der Waals surface area contributed by atoms with Crippen molar-refractivity contribution < 1.29 is 9.21 Å². The molecule has 0 N–H and O–H groups in total. The molecule has 0 atom stereocenters. The highest BCUT2D eigenvalue weighted by atomic mass is 16.3. The van der Waals surface area contributed by atoms with E-state index >= 15 is 0 Å².